The van der Waals surface area contributed by atoms with Gasteiger partial charge in [0, 0.05) is 62.9 Å². The van der Waals surface area contributed by atoms with Gasteiger partial charge in [-0.1, -0.05) is 6.07 Å². The molecule has 7 nitrogen and oxygen atoms in total. The predicted octanol–water partition coefficient (Wildman–Crippen LogP) is 2.73. The Balaban J connectivity index is 1.27. The topological polar surface area (TPSA) is 74.8 Å². The molecule has 0 bridgehead atoms. The summed E-state index contributed by atoms with van der Waals surface area (Å²) in [6.07, 6.45) is 6.88. The van der Waals surface area contributed by atoms with Crippen molar-refractivity contribution >= 4 is 17.5 Å². The number of carbonyl (C=O) groups excluding carboxylic acids is 2. The molecular formula is C24H30N4O3. The molecule has 31 heavy (non-hydrogen) atoms. The molecule has 0 saturated carbocycles. The molecule has 2 saturated heterocycles. The van der Waals surface area contributed by atoms with E-state index in [-0.39, 0.29) is 23.5 Å². The van der Waals surface area contributed by atoms with Crippen LogP contribution in [0.1, 0.15) is 46.4 Å². The fraction of sp³-hybridized carbons (Fsp3) is 0.458. The zero-order chi connectivity index (χ0) is 21.8. The number of piperidine rings is 1. The van der Waals surface area contributed by atoms with E-state index >= 15 is 0 Å². The predicted molar refractivity (Wildman–Crippen MR) is 119 cm³/mol. The standard InChI is InChI=1S/C24H30N4O3/c1-27(2)20-5-3-4-19(16-20)22(29)26-17-21-6-9-24(31-21)10-14-28(15-11-24)23(30)18-7-12-25-13-8-18/h3-5,7-8,12-13,16,21H,6,9-11,14-15,17H2,1-2H3,(H,26,29)/t21-/m1/s1. The van der Waals surface area contributed by atoms with E-state index in [9.17, 15) is 9.59 Å². The number of amides is 2. The van der Waals surface area contributed by atoms with Crippen LogP contribution in [0.5, 0.6) is 0 Å². The lowest BCUT2D eigenvalue weighted by atomic mass is 9.88. The number of aromatic nitrogens is 1. The maximum absolute atomic E-state index is 12.7. The Morgan fingerprint density at radius 2 is 1.87 bits per heavy atom. The van der Waals surface area contributed by atoms with Crippen LogP contribution in [0.2, 0.25) is 0 Å². The van der Waals surface area contributed by atoms with E-state index in [0.29, 0.717) is 30.8 Å². The Morgan fingerprint density at radius 3 is 2.58 bits per heavy atom. The van der Waals surface area contributed by atoms with Crippen LogP contribution in [0.4, 0.5) is 5.69 Å². The molecule has 1 aromatic carbocycles. The molecular weight excluding hydrogens is 392 g/mol. The summed E-state index contributed by atoms with van der Waals surface area (Å²) in [4.78, 5) is 33.1. The summed E-state index contributed by atoms with van der Waals surface area (Å²) >= 11 is 0. The Hall–Kier alpha value is -2.93. The minimum atomic E-state index is -0.171. The second kappa shape index (κ2) is 9.06. The first-order chi connectivity index (χ1) is 15.0. The van der Waals surface area contributed by atoms with Gasteiger partial charge >= 0.3 is 0 Å². The summed E-state index contributed by atoms with van der Waals surface area (Å²) in [6.45, 7) is 1.89. The summed E-state index contributed by atoms with van der Waals surface area (Å²) in [5, 5.41) is 3.02. The maximum Gasteiger partial charge on any atom is 0.253 e. The average molecular weight is 423 g/mol. The number of anilines is 1. The highest BCUT2D eigenvalue weighted by Crippen LogP contribution is 2.39. The minimum Gasteiger partial charge on any atom is -0.378 e. The van der Waals surface area contributed by atoms with Gasteiger partial charge in [0.1, 0.15) is 0 Å². The largest absolute Gasteiger partial charge is 0.378 e. The molecule has 0 radical (unpaired) electrons. The van der Waals surface area contributed by atoms with Gasteiger partial charge in [0.15, 0.2) is 0 Å². The van der Waals surface area contributed by atoms with Gasteiger partial charge in [-0.05, 0) is 56.0 Å². The Kier molecular flexibility index (Phi) is 6.23. The monoisotopic (exact) mass is 422 g/mol. The molecule has 164 valence electrons. The van der Waals surface area contributed by atoms with E-state index < -0.39 is 0 Å². The fourth-order valence-electron chi connectivity index (χ4n) is 4.44. The van der Waals surface area contributed by atoms with Gasteiger partial charge < -0.3 is 19.9 Å². The van der Waals surface area contributed by atoms with Crippen LogP contribution in [0.3, 0.4) is 0 Å². The highest BCUT2D eigenvalue weighted by molar-refractivity contribution is 5.95. The number of rotatable bonds is 5. The van der Waals surface area contributed by atoms with E-state index in [1.165, 1.54) is 0 Å². The zero-order valence-electron chi connectivity index (χ0n) is 18.2. The fourth-order valence-corrected chi connectivity index (χ4v) is 4.44. The molecule has 1 aromatic heterocycles. The van der Waals surface area contributed by atoms with Crippen LogP contribution in [-0.4, -0.2) is 67.1 Å². The number of nitrogens with zero attached hydrogens (tertiary/aromatic N) is 3. The van der Waals surface area contributed by atoms with E-state index in [0.717, 1.165) is 31.4 Å². The number of carbonyl (C=O) groups is 2. The quantitative estimate of drug-likeness (QED) is 0.802. The molecule has 2 aromatic rings. The second-order valence-electron chi connectivity index (χ2n) is 8.64. The smallest absolute Gasteiger partial charge is 0.253 e. The molecule has 2 aliphatic heterocycles. The molecule has 1 atom stereocenters. The van der Waals surface area contributed by atoms with Crippen molar-refractivity contribution in [2.24, 2.45) is 0 Å². The molecule has 1 spiro atoms. The van der Waals surface area contributed by atoms with Gasteiger partial charge in [0.05, 0.1) is 11.7 Å². The van der Waals surface area contributed by atoms with Crippen molar-refractivity contribution in [1.29, 1.82) is 0 Å². The van der Waals surface area contributed by atoms with E-state index in [4.69, 9.17) is 4.74 Å². The molecule has 0 unspecified atom stereocenters. The lowest BCUT2D eigenvalue weighted by molar-refractivity contribution is -0.0712. The molecule has 7 heteroatoms. The highest BCUT2D eigenvalue weighted by atomic mass is 16.5. The van der Waals surface area contributed by atoms with Crippen LogP contribution in [0.25, 0.3) is 0 Å². The summed E-state index contributed by atoms with van der Waals surface area (Å²) in [5.41, 5.74) is 2.16. The third-order valence-corrected chi connectivity index (χ3v) is 6.34. The Bertz CT molecular complexity index is 923. The SMILES string of the molecule is CN(C)c1cccc(C(=O)NC[C@H]2CCC3(CCN(C(=O)c4ccncc4)CC3)O2)c1. The number of hydrogen-bond acceptors (Lipinski definition) is 5. The molecule has 0 aliphatic carbocycles. The molecule has 2 fully saturated rings. The van der Waals surface area contributed by atoms with Gasteiger partial charge in [-0.3, -0.25) is 14.6 Å². The number of likely N-dealkylation sites (tertiary alicyclic amines) is 1. The van der Waals surface area contributed by atoms with Crippen LogP contribution < -0.4 is 10.2 Å². The number of nitrogens with one attached hydrogen (secondary N) is 1. The van der Waals surface area contributed by atoms with Crippen molar-refractivity contribution in [2.45, 2.75) is 37.4 Å². The summed E-state index contributed by atoms with van der Waals surface area (Å²) in [7, 11) is 3.91. The van der Waals surface area contributed by atoms with Crippen molar-refractivity contribution in [3.63, 3.8) is 0 Å². The van der Waals surface area contributed by atoms with Gasteiger partial charge in [0.25, 0.3) is 11.8 Å². The first-order valence-electron chi connectivity index (χ1n) is 10.9. The molecule has 2 aliphatic rings. The molecule has 1 N–H and O–H groups in total. The van der Waals surface area contributed by atoms with Crippen molar-refractivity contribution in [3.05, 3.63) is 59.9 Å². The lowest BCUT2D eigenvalue weighted by Crippen LogP contribution is -2.47. The van der Waals surface area contributed by atoms with Gasteiger partial charge in [0.2, 0.25) is 0 Å². The lowest BCUT2D eigenvalue weighted by Gasteiger charge is -2.39. The Labute approximate surface area is 183 Å². The van der Waals surface area contributed by atoms with E-state index in [1.54, 1.807) is 24.5 Å². The summed E-state index contributed by atoms with van der Waals surface area (Å²) < 4.78 is 6.40. The maximum atomic E-state index is 12.7. The second-order valence-corrected chi connectivity index (χ2v) is 8.64. The van der Waals surface area contributed by atoms with Crippen LogP contribution in [-0.2, 0) is 4.74 Å². The van der Waals surface area contributed by atoms with Crippen LogP contribution >= 0.6 is 0 Å². The number of pyridine rings is 1. The number of ether oxygens (including phenoxy) is 1. The molecule has 2 amide bonds. The Morgan fingerprint density at radius 1 is 1.13 bits per heavy atom. The first kappa shape index (κ1) is 21.3. The third kappa shape index (κ3) is 4.88. The first-order valence-corrected chi connectivity index (χ1v) is 10.9. The normalized spacial score (nSPS) is 19.9. The summed E-state index contributed by atoms with van der Waals surface area (Å²) in [6, 6.07) is 11.1. The number of hydrogen-bond donors (Lipinski definition) is 1. The van der Waals surface area contributed by atoms with Gasteiger partial charge in [-0.15, -0.1) is 0 Å². The van der Waals surface area contributed by atoms with Crippen LogP contribution in [0.15, 0.2) is 48.8 Å². The van der Waals surface area contributed by atoms with E-state index in [1.807, 2.05) is 48.2 Å². The third-order valence-electron chi connectivity index (χ3n) is 6.34. The van der Waals surface area contributed by atoms with Crippen molar-refractivity contribution in [3.8, 4) is 0 Å². The van der Waals surface area contributed by atoms with Gasteiger partial charge in [-0.2, -0.15) is 0 Å². The number of benzene rings is 1. The van der Waals surface area contributed by atoms with Crippen molar-refractivity contribution in [1.82, 2.24) is 15.2 Å². The summed E-state index contributed by atoms with van der Waals surface area (Å²) in [5.74, 6) is -0.0231. The van der Waals surface area contributed by atoms with Crippen molar-refractivity contribution < 1.29 is 14.3 Å². The highest BCUT2D eigenvalue weighted by Gasteiger charge is 2.43. The zero-order valence-corrected chi connectivity index (χ0v) is 18.2. The van der Waals surface area contributed by atoms with Gasteiger partial charge in [-0.25, -0.2) is 0 Å². The van der Waals surface area contributed by atoms with E-state index in [2.05, 4.69) is 10.3 Å². The molecule has 3 heterocycles. The van der Waals surface area contributed by atoms with Crippen molar-refractivity contribution in [2.75, 3.05) is 38.6 Å². The minimum absolute atomic E-state index is 0.0171. The molecule has 4 rings (SSSR count). The van der Waals surface area contributed by atoms with Crippen LogP contribution in [0, 0.1) is 0 Å². The average Bonchev–Trinajstić information content (AvgIpc) is 3.20.